The maximum Gasteiger partial charge on any atom is 0.335 e. The monoisotopic (exact) mass is 245 g/mol. The molecule has 0 unspecified atom stereocenters. The van der Waals surface area contributed by atoms with Crippen LogP contribution in [0.1, 0.15) is 33.5 Å². The molecule has 1 N–H and O–H groups in total. The van der Waals surface area contributed by atoms with Gasteiger partial charge < -0.3 is 5.11 Å². The Morgan fingerprint density at radius 1 is 1.56 bits per heavy atom. The fourth-order valence-corrected chi connectivity index (χ4v) is 1.47. The van der Waals surface area contributed by atoms with Gasteiger partial charge in [-0.3, -0.25) is 0 Å². The van der Waals surface area contributed by atoms with Crippen molar-refractivity contribution in [1.82, 2.24) is 0 Å². The summed E-state index contributed by atoms with van der Waals surface area (Å²) in [5, 5.41) is 17.4. The van der Waals surface area contributed by atoms with E-state index in [0.29, 0.717) is 0 Å². The summed E-state index contributed by atoms with van der Waals surface area (Å²) in [6, 6.07) is 3.52. The maximum atomic E-state index is 12.6. The first-order valence-corrected chi connectivity index (χ1v) is 4.69. The average Bonchev–Trinajstić information content (AvgIpc) is 2.26. The lowest BCUT2D eigenvalue weighted by molar-refractivity contribution is 0.0696. The van der Waals surface area contributed by atoms with Crippen molar-refractivity contribution in [3.05, 3.63) is 34.4 Å². The zero-order chi connectivity index (χ0) is 12.3. The topological polar surface area (TPSA) is 61.1 Å². The predicted molar refractivity (Wildman–Crippen MR) is 52.6 cm³/mol. The van der Waals surface area contributed by atoms with Crippen LogP contribution in [0.25, 0.3) is 0 Å². The highest BCUT2D eigenvalue weighted by Crippen LogP contribution is 2.27. The van der Waals surface area contributed by atoms with Crippen molar-refractivity contribution in [1.29, 1.82) is 5.26 Å². The zero-order valence-electron chi connectivity index (χ0n) is 7.88. The number of alkyl halides is 3. The highest BCUT2D eigenvalue weighted by Gasteiger charge is 2.19. The SMILES string of the molecule is N#Cc1c(CCl)cc(C(=O)O)cc1C(F)F. The number of carboxylic acid groups (broad SMARTS) is 1. The third-order valence-corrected chi connectivity index (χ3v) is 2.28. The Balaban J connectivity index is 3.51. The second-order valence-corrected chi connectivity index (χ2v) is 3.22. The molecule has 0 aliphatic heterocycles. The molecule has 16 heavy (non-hydrogen) atoms. The van der Waals surface area contributed by atoms with E-state index in [0.717, 1.165) is 12.1 Å². The highest BCUT2D eigenvalue weighted by atomic mass is 35.5. The van der Waals surface area contributed by atoms with Gasteiger partial charge in [-0.1, -0.05) is 0 Å². The molecule has 84 valence electrons. The molecule has 0 aliphatic carbocycles. The first kappa shape index (κ1) is 12.4. The molecule has 6 heteroatoms. The molecule has 0 atom stereocenters. The molecule has 0 aliphatic rings. The molecule has 0 saturated heterocycles. The van der Waals surface area contributed by atoms with Crippen LogP contribution in [0, 0.1) is 11.3 Å². The van der Waals surface area contributed by atoms with Gasteiger partial charge in [-0.25, -0.2) is 13.6 Å². The first-order chi connectivity index (χ1) is 7.51. The van der Waals surface area contributed by atoms with Crippen LogP contribution in [0.5, 0.6) is 0 Å². The molecule has 3 nitrogen and oxygen atoms in total. The quantitative estimate of drug-likeness (QED) is 0.833. The Labute approximate surface area is 94.9 Å². The van der Waals surface area contributed by atoms with Gasteiger partial charge in [0.1, 0.15) is 0 Å². The van der Waals surface area contributed by atoms with E-state index in [9.17, 15) is 13.6 Å². The minimum atomic E-state index is -2.91. The lowest BCUT2D eigenvalue weighted by Gasteiger charge is -2.08. The van der Waals surface area contributed by atoms with E-state index in [2.05, 4.69) is 0 Å². The van der Waals surface area contributed by atoms with E-state index in [-0.39, 0.29) is 22.6 Å². The minimum Gasteiger partial charge on any atom is -0.478 e. The van der Waals surface area contributed by atoms with Gasteiger partial charge in [-0.05, 0) is 17.7 Å². The van der Waals surface area contributed by atoms with Crippen LogP contribution in [0.2, 0.25) is 0 Å². The second-order valence-electron chi connectivity index (χ2n) is 2.95. The van der Waals surface area contributed by atoms with Crippen LogP contribution in [0.15, 0.2) is 12.1 Å². The number of benzene rings is 1. The molecular formula is C10H6ClF2NO2. The third-order valence-electron chi connectivity index (χ3n) is 1.99. The van der Waals surface area contributed by atoms with Crippen LogP contribution in [-0.4, -0.2) is 11.1 Å². The number of rotatable bonds is 3. The molecule has 1 rings (SSSR count). The van der Waals surface area contributed by atoms with E-state index < -0.39 is 18.0 Å². The summed E-state index contributed by atoms with van der Waals surface area (Å²) in [7, 11) is 0. The number of hydrogen-bond acceptors (Lipinski definition) is 2. The predicted octanol–water partition coefficient (Wildman–Crippen LogP) is 2.93. The summed E-state index contributed by atoms with van der Waals surface area (Å²) in [5.41, 5.74) is -1.06. The van der Waals surface area contributed by atoms with E-state index in [1.54, 1.807) is 6.07 Å². The largest absolute Gasteiger partial charge is 0.478 e. The Morgan fingerprint density at radius 2 is 2.19 bits per heavy atom. The van der Waals surface area contributed by atoms with Gasteiger partial charge in [0.05, 0.1) is 17.2 Å². The molecule has 0 aromatic heterocycles. The van der Waals surface area contributed by atoms with Gasteiger partial charge in [-0.2, -0.15) is 5.26 Å². The summed E-state index contributed by atoms with van der Waals surface area (Å²) in [5.74, 6) is -1.53. The van der Waals surface area contributed by atoms with Crippen LogP contribution in [0.4, 0.5) is 8.78 Å². The van der Waals surface area contributed by atoms with Crippen molar-refractivity contribution < 1.29 is 18.7 Å². The van der Waals surface area contributed by atoms with Gasteiger partial charge in [0, 0.05) is 11.4 Å². The third kappa shape index (κ3) is 2.28. The van der Waals surface area contributed by atoms with Crippen LogP contribution in [0.3, 0.4) is 0 Å². The van der Waals surface area contributed by atoms with Crippen molar-refractivity contribution in [2.24, 2.45) is 0 Å². The summed E-state index contributed by atoms with van der Waals surface area (Å²) >= 11 is 5.48. The van der Waals surface area contributed by atoms with Crippen molar-refractivity contribution in [2.45, 2.75) is 12.3 Å². The standard InChI is InChI=1S/C10H6ClF2NO2/c11-3-6-1-5(10(15)16)2-7(9(12)13)8(6)4-14/h1-2,9H,3H2,(H,15,16). The fourth-order valence-electron chi connectivity index (χ4n) is 1.26. The molecule has 0 spiro atoms. The second kappa shape index (κ2) is 4.90. The smallest absolute Gasteiger partial charge is 0.335 e. The van der Waals surface area contributed by atoms with Gasteiger partial charge in [-0.15, -0.1) is 11.6 Å². The van der Waals surface area contributed by atoms with E-state index >= 15 is 0 Å². The van der Waals surface area contributed by atoms with Crippen molar-refractivity contribution >= 4 is 17.6 Å². The van der Waals surface area contributed by atoms with Crippen LogP contribution >= 0.6 is 11.6 Å². The highest BCUT2D eigenvalue weighted by molar-refractivity contribution is 6.17. The van der Waals surface area contributed by atoms with Crippen molar-refractivity contribution in [3.63, 3.8) is 0 Å². The zero-order valence-corrected chi connectivity index (χ0v) is 8.63. The van der Waals surface area contributed by atoms with Crippen molar-refractivity contribution in [2.75, 3.05) is 0 Å². The molecular weight excluding hydrogens is 240 g/mol. The minimum absolute atomic E-state index is 0.0966. The molecule has 0 amide bonds. The lowest BCUT2D eigenvalue weighted by Crippen LogP contribution is -2.03. The molecule has 0 bridgehead atoms. The Kier molecular flexibility index (Phi) is 3.80. The number of halogens is 3. The molecule has 1 aromatic rings. The Morgan fingerprint density at radius 3 is 2.56 bits per heavy atom. The molecule has 0 heterocycles. The molecule has 1 aromatic carbocycles. The number of carbonyl (C=O) groups is 1. The Bertz CT molecular complexity index is 469. The molecule has 0 radical (unpaired) electrons. The van der Waals surface area contributed by atoms with Gasteiger partial charge in [0.25, 0.3) is 6.43 Å². The summed E-state index contributed by atoms with van der Waals surface area (Å²) in [6.07, 6.45) is -2.91. The number of carboxylic acids is 1. The number of aromatic carboxylic acids is 1. The van der Waals surface area contributed by atoms with Crippen LogP contribution < -0.4 is 0 Å². The summed E-state index contributed by atoms with van der Waals surface area (Å²) < 4.78 is 25.2. The first-order valence-electron chi connectivity index (χ1n) is 4.15. The summed E-state index contributed by atoms with van der Waals surface area (Å²) in [4.78, 5) is 10.7. The number of nitrogens with zero attached hydrogens (tertiary/aromatic N) is 1. The summed E-state index contributed by atoms with van der Waals surface area (Å²) in [6.45, 7) is 0. The van der Waals surface area contributed by atoms with Gasteiger partial charge in [0.2, 0.25) is 0 Å². The number of hydrogen-bond donors (Lipinski definition) is 1. The number of nitriles is 1. The van der Waals surface area contributed by atoms with Gasteiger partial charge >= 0.3 is 5.97 Å². The Hall–Kier alpha value is -1.67. The average molecular weight is 246 g/mol. The van der Waals surface area contributed by atoms with E-state index in [1.807, 2.05) is 0 Å². The van der Waals surface area contributed by atoms with Crippen LogP contribution in [-0.2, 0) is 5.88 Å². The molecule has 0 saturated carbocycles. The lowest BCUT2D eigenvalue weighted by atomic mass is 9.99. The van der Waals surface area contributed by atoms with E-state index in [1.165, 1.54) is 0 Å². The van der Waals surface area contributed by atoms with E-state index in [4.69, 9.17) is 22.0 Å². The fraction of sp³-hybridized carbons (Fsp3) is 0.200. The van der Waals surface area contributed by atoms with Crippen molar-refractivity contribution in [3.8, 4) is 6.07 Å². The normalized spacial score (nSPS) is 10.2. The van der Waals surface area contributed by atoms with Gasteiger partial charge in [0.15, 0.2) is 0 Å². The maximum absolute atomic E-state index is 12.6. The molecule has 0 fully saturated rings.